The van der Waals surface area contributed by atoms with Crippen LogP contribution in [-0.2, 0) is 11.2 Å². The molecular formula is C17H21N3O. The number of fused-ring (bicyclic) bond motifs is 1. The molecule has 4 nitrogen and oxygen atoms in total. The molecule has 1 unspecified atom stereocenters. The maximum Gasteiger partial charge on any atom is 0.237 e. The summed E-state index contributed by atoms with van der Waals surface area (Å²) < 4.78 is 0. The van der Waals surface area contributed by atoms with E-state index in [0.29, 0.717) is 6.54 Å². The van der Waals surface area contributed by atoms with E-state index in [-0.39, 0.29) is 11.9 Å². The number of carbonyl (C=O) groups is 1. The van der Waals surface area contributed by atoms with E-state index in [9.17, 15) is 4.79 Å². The minimum atomic E-state index is -0.215. The van der Waals surface area contributed by atoms with Gasteiger partial charge in [0.2, 0.25) is 5.91 Å². The molecule has 0 bridgehead atoms. The molecule has 0 aliphatic carbocycles. The molecule has 0 spiro atoms. The average molecular weight is 283 g/mol. The van der Waals surface area contributed by atoms with Gasteiger partial charge < -0.3 is 10.6 Å². The zero-order valence-corrected chi connectivity index (χ0v) is 12.3. The van der Waals surface area contributed by atoms with Crippen molar-refractivity contribution >= 4 is 16.8 Å². The summed E-state index contributed by atoms with van der Waals surface area (Å²) in [6.07, 6.45) is 4.32. The molecule has 110 valence electrons. The van der Waals surface area contributed by atoms with Gasteiger partial charge in [-0.05, 0) is 31.5 Å². The second-order valence-corrected chi connectivity index (χ2v) is 4.95. The van der Waals surface area contributed by atoms with Gasteiger partial charge in [0.05, 0.1) is 11.6 Å². The number of benzene rings is 1. The van der Waals surface area contributed by atoms with Crippen LogP contribution in [0.25, 0.3) is 10.9 Å². The van der Waals surface area contributed by atoms with Gasteiger partial charge in [-0.3, -0.25) is 9.78 Å². The molecule has 1 heterocycles. The van der Waals surface area contributed by atoms with Gasteiger partial charge >= 0.3 is 0 Å². The van der Waals surface area contributed by atoms with Gasteiger partial charge in [0.15, 0.2) is 0 Å². The monoisotopic (exact) mass is 283 g/mol. The summed E-state index contributed by atoms with van der Waals surface area (Å²) in [5, 5.41) is 7.15. The Kier molecular flexibility index (Phi) is 5.46. The number of rotatable bonds is 7. The lowest BCUT2D eigenvalue weighted by Gasteiger charge is -2.13. The number of pyridine rings is 1. The molecule has 0 radical (unpaired) electrons. The predicted molar refractivity (Wildman–Crippen MR) is 86.1 cm³/mol. The highest BCUT2D eigenvalue weighted by molar-refractivity contribution is 5.82. The van der Waals surface area contributed by atoms with E-state index in [1.165, 1.54) is 5.56 Å². The molecule has 21 heavy (non-hydrogen) atoms. The van der Waals surface area contributed by atoms with Crippen molar-refractivity contribution in [2.45, 2.75) is 19.4 Å². The van der Waals surface area contributed by atoms with Gasteiger partial charge in [0, 0.05) is 18.1 Å². The van der Waals surface area contributed by atoms with Crippen molar-refractivity contribution < 1.29 is 4.79 Å². The molecule has 2 rings (SSSR count). The molecule has 2 aromatic rings. The number of amides is 1. The average Bonchev–Trinajstić information content (AvgIpc) is 2.52. The van der Waals surface area contributed by atoms with E-state index >= 15 is 0 Å². The topological polar surface area (TPSA) is 54.0 Å². The van der Waals surface area contributed by atoms with Gasteiger partial charge in [0.1, 0.15) is 0 Å². The van der Waals surface area contributed by atoms with Crippen LogP contribution in [0, 0.1) is 0 Å². The van der Waals surface area contributed by atoms with Gasteiger partial charge in [-0.25, -0.2) is 0 Å². The van der Waals surface area contributed by atoms with Crippen LogP contribution in [0.4, 0.5) is 0 Å². The Morgan fingerprint density at radius 2 is 2.19 bits per heavy atom. The quantitative estimate of drug-likeness (QED) is 0.765. The van der Waals surface area contributed by atoms with Crippen molar-refractivity contribution in [1.29, 1.82) is 0 Å². The fourth-order valence-electron chi connectivity index (χ4n) is 2.21. The third-order valence-electron chi connectivity index (χ3n) is 3.38. The van der Waals surface area contributed by atoms with Crippen molar-refractivity contribution in [2.75, 3.05) is 13.1 Å². The van der Waals surface area contributed by atoms with Crippen molar-refractivity contribution in [1.82, 2.24) is 15.6 Å². The largest absolute Gasteiger partial charge is 0.351 e. The molecule has 2 N–H and O–H groups in total. The van der Waals surface area contributed by atoms with Crippen LogP contribution in [0.15, 0.2) is 49.2 Å². The second-order valence-electron chi connectivity index (χ2n) is 4.95. The summed E-state index contributed by atoms with van der Waals surface area (Å²) in [7, 11) is 0. The lowest BCUT2D eigenvalue weighted by atomic mass is 10.1. The number of aromatic nitrogens is 1. The molecule has 1 aromatic carbocycles. The summed E-state index contributed by atoms with van der Waals surface area (Å²) in [5.41, 5.74) is 2.23. The summed E-state index contributed by atoms with van der Waals surface area (Å²) >= 11 is 0. The molecule has 0 saturated carbocycles. The lowest BCUT2D eigenvalue weighted by Crippen LogP contribution is -2.42. The van der Waals surface area contributed by atoms with E-state index in [4.69, 9.17) is 0 Å². The van der Waals surface area contributed by atoms with Crippen LogP contribution in [0.1, 0.15) is 12.5 Å². The third kappa shape index (κ3) is 4.13. The van der Waals surface area contributed by atoms with Gasteiger partial charge in [-0.15, -0.1) is 6.58 Å². The number of para-hydroxylation sites is 1. The Hall–Kier alpha value is -2.20. The first-order valence-corrected chi connectivity index (χ1v) is 7.17. The summed E-state index contributed by atoms with van der Waals surface area (Å²) in [6, 6.07) is 9.97. The predicted octanol–water partition coefficient (Wildman–Crippen LogP) is 2.06. The van der Waals surface area contributed by atoms with Crippen LogP contribution in [0.5, 0.6) is 0 Å². The zero-order valence-electron chi connectivity index (χ0n) is 12.3. The highest BCUT2D eigenvalue weighted by Gasteiger charge is 2.10. The van der Waals surface area contributed by atoms with Gasteiger partial charge in [-0.1, -0.05) is 30.3 Å². The van der Waals surface area contributed by atoms with Crippen LogP contribution < -0.4 is 10.6 Å². The van der Waals surface area contributed by atoms with Crippen molar-refractivity contribution in [2.24, 2.45) is 0 Å². The Morgan fingerprint density at radius 3 is 3.00 bits per heavy atom. The van der Waals surface area contributed by atoms with Crippen LogP contribution in [0.2, 0.25) is 0 Å². The molecule has 0 aliphatic rings. The first-order chi connectivity index (χ1) is 10.2. The number of hydrogen-bond donors (Lipinski definition) is 2. The standard InChI is InChI=1S/C17H21N3O/c1-3-10-20-17(21)13(2)18-12-9-15-7-4-6-14-8-5-11-19-16(14)15/h3-8,11,13,18H,1,9-10,12H2,2H3,(H,20,21). The van der Waals surface area contributed by atoms with Crippen molar-refractivity contribution in [3.05, 3.63) is 54.7 Å². The molecular weight excluding hydrogens is 262 g/mol. The van der Waals surface area contributed by atoms with Crippen LogP contribution in [-0.4, -0.2) is 30.0 Å². The maximum absolute atomic E-state index is 11.7. The fraction of sp³-hybridized carbons (Fsp3) is 0.294. The second kappa shape index (κ2) is 7.55. The Bertz CT molecular complexity index is 619. The Labute approximate surface area is 125 Å². The molecule has 0 aliphatic heterocycles. The minimum Gasteiger partial charge on any atom is -0.351 e. The van der Waals surface area contributed by atoms with Crippen LogP contribution in [0.3, 0.4) is 0 Å². The normalized spacial score (nSPS) is 12.0. The zero-order chi connectivity index (χ0) is 15.1. The molecule has 4 heteroatoms. The number of carbonyl (C=O) groups excluding carboxylic acids is 1. The molecule has 0 fully saturated rings. The van der Waals surface area contributed by atoms with E-state index in [0.717, 1.165) is 23.9 Å². The summed E-state index contributed by atoms with van der Waals surface area (Å²) in [4.78, 5) is 16.2. The van der Waals surface area contributed by atoms with E-state index in [1.807, 2.05) is 25.3 Å². The summed E-state index contributed by atoms with van der Waals surface area (Å²) in [5.74, 6) is -0.00838. The number of nitrogens with one attached hydrogen (secondary N) is 2. The first kappa shape index (κ1) is 15.2. The number of hydrogen-bond acceptors (Lipinski definition) is 3. The molecule has 1 atom stereocenters. The Morgan fingerprint density at radius 1 is 1.38 bits per heavy atom. The summed E-state index contributed by atoms with van der Waals surface area (Å²) in [6.45, 7) is 6.67. The minimum absolute atomic E-state index is 0.00838. The molecule has 1 aromatic heterocycles. The highest BCUT2D eigenvalue weighted by Crippen LogP contribution is 2.15. The number of nitrogens with zero attached hydrogens (tertiary/aromatic N) is 1. The van der Waals surface area contributed by atoms with Crippen molar-refractivity contribution in [3.63, 3.8) is 0 Å². The molecule has 0 saturated heterocycles. The SMILES string of the molecule is C=CCNC(=O)C(C)NCCc1cccc2cccnc12. The third-order valence-corrected chi connectivity index (χ3v) is 3.38. The van der Waals surface area contributed by atoms with Crippen LogP contribution >= 0.6 is 0 Å². The first-order valence-electron chi connectivity index (χ1n) is 7.17. The Balaban J connectivity index is 1.90. The van der Waals surface area contributed by atoms with Crippen molar-refractivity contribution in [3.8, 4) is 0 Å². The fourth-order valence-corrected chi connectivity index (χ4v) is 2.21. The van der Waals surface area contributed by atoms with Gasteiger partial charge in [0.25, 0.3) is 0 Å². The van der Waals surface area contributed by atoms with E-state index in [2.05, 4.69) is 40.4 Å². The molecule has 1 amide bonds. The highest BCUT2D eigenvalue weighted by atomic mass is 16.2. The lowest BCUT2D eigenvalue weighted by molar-refractivity contribution is -0.122. The maximum atomic E-state index is 11.7. The van der Waals surface area contributed by atoms with Gasteiger partial charge in [-0.2, -0.15) is 0 Å². The van der Waals surface area contributed by atoms with E-state index < -0.39 is 0 Å². The van der Waals surface area contributed by atoms with E-state index in [1.54, 1.807) is 6.08 Å². The smallest absolute Gasteiger partial charge is 0.237 e.